The highest BCUT2D eigenvalue weighted by atomic mass is 28.2. The van der Waals surface area contributed by atoms with E-state index in [0.717, 1.165) is 0 Å². The van der Waals surface area contributed by atoms with E-state index in [0.29, 0.717) is 5.04 Å². The van der Waals surface area contributed by atoms with Crippen LogP contribution in [0.25, 0.3) is 11.1 Å². The molecule has 1 aliphatic rings. The molecule has 0 aromatic heterocycles. The molecule has 1 nitrogen and oxygen atoms in total. The van der Waals surface area contributed by atoms with Crippen molar-refractivity contribution in [3.63, 3.8) is 0 Å². The first-order chi connectivity index (χ1) is 13.9. The molecule has 1 aliphatic carbocycles. The molecule has 0 bridgehead atoms. The van der Waals surface area contributed by atoms with Gasteiger partial charge < -0.3 is 4.98 Å². The molecule has 1 N–H and O–H groups in total. The second kappa shape index (κ2) is 9.62. The Morgan fingerprint density at radius 2 is 1.55 bits per heavy atom. The summed E-state index contributed by atoms with van der Waals surface area (Å²) in [7, 11) is -0.381. The molecule has 2 aromatic rings. The third-order valence-corrected chi connectivity index (χ3v) is 9.58. The lowest BCUT2D eigenvalue weighted by Gasteiger charge is -2.31. The summed E-state index contributed by atoms with van der Waals surface area (Å²) in [5, 5.41) is 0.322. The summed E-state index contributed by atoms with van der Waals surface area (Å²) in [6, 6.07) is 16.3. The van der Waals surface area contributed by atoms with Gasteiger partial charge in [-0.15, -0.1) is 0 Å². The maximum atomic E-state index is 3.91. The number of fused-ring (bicyclic) bond motifs is 3. The molecule has 0 saturated heterocycles. The zero-order valence-electron chi connectivity index (χ0n) is 19.4. The van der Waals surface area contributed by atoms with E-state index in [1.165, 1.54) is 73.7 Å². The zero-order chi connectivity index (χ0) is 20.9. The minimum atomic E-state index is -0.381. The number of hydrogen-bond acceptors (Lipinski definition) is 1. The van der Waals surface area contributed by atoms with Gasteiger partial charge >= 0.3 is 0 Å². The van der Waals surface area contributed by atoms with Crippen molar-refractivity contribution in [2.75, 3.05) is 6.54 Å². The number of hydrogen-bond donors (Lipinski definition) is 1. The van der Waals surface area contributed by atoms with Gasteiger partial charge in [0.25, 0.3) is 0 Å². The molecule has 3 rings (SSSR count). The van der Waals surface area contributed by atoms with Gasteiger partial charge in [-0.3, -0.25) is 0 Å². The average Bonchev–Trinajstić information content (AvgIpc) is 2.97. The smallest absolute Gasteiger partial charge is 0.102 e. The molecule has 0 aliphatic heterocycles. The molecular weight excluding hydrogens is 366 g/mol. The maximum absolute atomic E-state index is 3.91. The summed E-state index contributed by atoms with van der Waals surface area (Å²) in [5.41, 5.74) is 7.50. The number of unbranched alkanes of at least 4 members (excludes halogenated alkanes) is 5. The van der Waals surface area contributed by atoms with Gasteiger partial charge in [-0.05, 0) is 52.2 Å². The predicted molar refractivity (Wildman–Crippen MR) is 132 cm³/mol. The van der Waals surface area contributed by atoms with Crippen molar-refractivity contribution >= 4 is 9.68 Å². The number of nitrogens with one attached hydrogen (secondary N) is 1. The van der Waals surface area contributed by atoms with E-state index in [2.05, 4.69) is 82.1 Å². The minimum absolute atomic E-state index is 0.101. The first kappa shape index (κ1) is 22.3. The van der Waals surface area contributed by atoms with Crippen molar-refractivity contribution < 1.29 is 0 Å². The van der Waals surface area contributed by atoms with Gasteiger partial charge in [-0.1, -0.05) is 109 Å². The molecule has 2 aromatic carbocycles. The van der Waals surface area contributed by atoms with Crippen LogP contribution in [0.1, 0.15) is 96.3 Å². The fourth-order valence-corrected chi connectivity index (χ4v) is 6.56. The minimum Gasteiger partial charge on any atom is -0.341 e. The molecule has 158 valence electrons. The molecule has 0 amide bonds. The Morgan fingerprint density at radius 1 is 0.862 bits per heavy atom. The van der Waals surface area contributed by atoms with Crippen LogP contribution in [0, 0.1) is 0 Å². The largest absolute Gasteiger partial charge is 0.341 e. The normalized spacial score (nSPS) is 16.7. The van der Waals surface area contributed by atoms with Crippen molar-refractivity contribution in [3.8, 4) is 11.1 Å². The molecule has 29 heavy (non-hydrogen) atoms. The van der Waals surface area contributed by atoms with E-state index >= 15 is 0 Å². The summed E-state index contributed by atoms with van der Waals surface area (Å²) in [5.74, 6) is 0. The SMILES string of the molecule is CCCCCCCCN[SiH2]C(C)(CC)c1ccc2c(c1)C(C)(C)c1ccccc1-2. The zero-order valence-corrected chi connectivity index (χ0v) is 20.8. The summed E-state index contributed by atoms with van der Waals surface area (Å²) in [4.78, 5) is 3.91. The van der Waals surface area contributed by atoms with Crippen molar-refractivity contribution in [2.24, 2.45) is 0 Å². The van der Waals surface area contributed by atoms with Crippen LogP contribution >= 0.6 is 0 Å². The van der Waals surface area contributed by atoms with E-state index in [-0.39, 0.29) is 15.1 Å². The molecule has 0 spiro atoms. The van der Waals surface area contributed by atoms with Gasteiger partial charge in [0.2, 0.25) is 0 Å². The highest BCUT2D eigenvalue weighted by Crippen LogP contribution is 2.49. The Morgan fingerprint density at radius 3 is 2.31 bits per heavy atom. The second-order valence-corrected chi connectivity index (χ2v) is 12.2. The van der Waals surface area contributed by atoms with Crippen molar-refractivity contribution in [1.82, 2.24) is 4.98 Å². The second-order valence-electron chi connectivity index (χ2n) is 9.79. The molecule has 1 atom stereocenters. The van der Waals surface area contributed by atoms with Crippen molar-refractivity contribution in [2.45, 2.75) is 90.0 Å². The Balaban J connectivity index is 1.67. The first-order valence-corrected chi connectivity index (χ1v) is 13.3. The van der Waals surface area contributed by atoms with Crippen LogP contribution in [0.3, 0.4) is 0 Å². The van der Waals surface area contributed by atoms with Gasteiger partial charge in [-0.2, -0.15) is 0 Å². The molecule has 1 unspecified atom stereocenters. The van der Waals surface area contributed by atoms with Gasteiger partial charge in [0.05, 0.1) is 0 Å². The Hall–Kier alpha value is -1.38. The van der Waals surface area contributed by atoms with Crippen LogP contribution in [-0.2, 0) is 10.5 Å². The maximum Gasteiger partial charge on any atom is 0.102 e. The molecule has 0 fully saturated rings. The molecule has 0 saturated carbocycles. The van der Waals surface area contributed by atoms with Crippen molar-refractivity contribution in [1.29, 1.82) is 0 Å². The van der Waals surface area contributed by atoms with E-state index in [1.807, 2.05) is 0 Å². The monoisotopic (exact) mass is 407 g/mol. The third-order valence-electron chi connectivity index (χ3n) is 7.28. The van der Waals surface area contributed by atoms with Crippen LogP contribution in [0.2, 0.25) is 0 Å². The quantitative estimate of drug-likeness (QED) is 0.325. The van der Waals surface area contributed by atoms with Gasteiger partial charge in [0.1, 0.15) is 9.68 Å². The van der Waals surface area contributed by atoms with Gasteiger partial charge in [0.15, 0.2) is 0 Å². The Labute approximate surface area is 181 Å². The summed E-state index contributed by atoms with van der Waals surface area (Å²) in [6.07, 6.45) is 9.49. The van der Waals surface area contributed by atoms with Crippen LogP contribution in [-0.4, -0.2) is 16.2 Å². The first-order valence-electron chi connectivity index (χ1n) is 11.9. The fraction of sp³-hybridized carbons (Fsp3) is 0.556. The lowest BCUT2D eigenvalue weighted by Crippen LogP contribution is -2.39. The van der Waals surface area contributed by atoms with Crippen LogP contribution in [0.4, 0.5) is 0 Å². The molecule has 0 heterocycles. The topological polar surface area (TPSA) is 12.0 Å². The van der Waals surface area contributed by atoms with E-state index < -0.39 is 0 Å². The van der Waals surface area contributed by atoms with E-state index in [9.17, 15) is 0 Å². The molecule has 2 heteroatoms. The lowest BCUT2D eigenvalue weighted by molar-refractivity contribution is 0.589. The van der Waals surface area contributed by atoms with Crippen LogP contribution in [0.5, 0.6) is 0 Å². The lowest BCUT2D eigenvalue weighted by atomic mass is 9.81. The predicted octanol–water partition coefficient (Wildman–Crippen LogP) is 6.65. The summed E-state index contributed by atoms with van der Waals surface area (Å²) < 4.78 is 0. The Bertz CT molecular complexity index is 810. The molecule has 0 radical (unpaired) electrons. The fourth-order valence-electron chi connectivity index (χ4n) is 4.91. The Kier molecular flexibility index (Phi) is 7.40. The molecular formula is C27H41NSi. The average molecular weight is 408 g/mol. The highest BCUT2D eigenvalue weighted by Gasteiger charge is 2.36. The van der Waals surface area contributed by atoms with E-state index in [1.54, 1.807) is 5.56 Å². The van der Waals surface area contributed by atoms with Crippen LogP contribution in [0.15, 0.2) is 42.5 Å². The number of benzene rings is 2. The van der Waals surface area contributed by atoms with Gasteiger partial charge in [0, 0.05) is 5.41 Å². The summed E-state index contributed by atoms with van der Waals surface area (Å²) in [6.45, 7) is 13.1. The highest BCUT2D eigenvalue weighted by molar-refractivity contribution is 6.37. The summed E-state index contributed by atoms with van der Waals surface area (Å²) >= 11 is 0. The van der Waals surface area contributed by atoms with Crippen molar-refractivity contribution in [3.05, 3.63) is 59.2 Å². The van der Waals surface area contributed by atoms with Crippen LogP contribution < -0.4 is 4.98 Å². The third kappa shape index (κ3) is 4.69. The van der Waals surface area contributed by atoms with E-state index in [4.69, 9.17) is 0 Å². The van der Waals surface area contributed by atoms with Gasteiger partial charge in [-0.25, -0.2) is 0 Å². The number of rotatable bonds is 11. The standard InChI is InChI=1S/C27H41NSi/c1-6-8-9-10-11-14-19-28-29-27(5,7-2)21-17-18-23-22-15-12-13-16-24(22)26(3,4)25(23)20-21/h12-13,15-18,20,28H,6-11,14,19,29H2,1-5H3.